The van der Waals surface area contributed by atoms with E-state index in [0.717, 1.165) is 5.56 Å². The summed E-state index contributed by atoms with van der Waals surface area (Å²) in [6, 6.07) is 6.04. The zero-order valence-corrected chi connectivity index (χ0v) is 28.0. The van der Waals surface area contributed by atoms with Gasteiger partial charge in [-0.1, -0.05) is 36.4 Å². The summed E-state index contributed by atoms with van der Waals surface area (Å²) in [4.78, 5) is 56.5. The van der Waals surface area contributed by atoms with E-state index in [9.17, 15) is 28.0 Å². The third-order valence-electron chi connectivity index (χ3n) is 8.43. The predicted octanol–water partition coefficient (Wildman–Crippen LogP) is 5.02. The van der Waals surface area contributed by atoms with Gasteiger partial charge in [0.05, 0.1) is 24.5 Å². The molecule has 1 saturated carbocycles. The summed E-state index contributed by atoms with van der Waals surface area (Å²) in [5.41, 5.74) is -0.914. The fourth-order valence-electron chi connectivity index (χ4n) is 6.19. The lowest BCUT2D eigenvalue weighted by atomic mass is 9.71. The van der Waals surface area contributed by atoms with E-state index >= 15 is 0 Å². The quantitative estimate of drug-likeness (QED) is 0.232. The van der Waals surface area contributed by atoms with Crippen molar-refractivity contribution in [3.63, 3.8) is 0 Å². The number of nitrogens with one attached hydrogen (secondary N) is 1. The van der Waals surface area contributed by atoms with Crippen molar-refractivity contribution in [1.29, 1.82) is 0 Å². The molecule has 1 aliphatic carbocycles. The third kappa shape index (κ3) is 10.1. The molecule has 0 radical (unpaired) electrons. The first-order valence-electron chi connectivity index (χ1n) is 15.4. The molecule has 10 nitrogen and oxygen atoms in total. The number of halogens is 3. The molecule has 1 aromatic carbocycles. The van der Waals surface area contributed by atoms with Crippen LogP contribution in [0, 0.1) is 11.8 Å². The van der Waals surface area contributed by atoms with Crippen LogP contribution in [0.5, 0.6) is 0 Å². The molecule has 0 bridgehead atoms. The lowest BCUT2D eigenvalue weighted by Gasteiger charge is -2.50. The molecule has 1 heterocycles. The first-order valence-corrected chi connectivity index (χ1v) is 15.8. The van der Waals surface area contributed by atoms with Crippen LogP contribution in [0.25, 0.3) is 0 Å². The molecule has 0 spiro atoms. The number of amides is 3. The van der Waals surface area contributed by atoms with Crippen LogP contribution in [-0.2, 0) is 35.0 Å². The number of likely N-dealkylation sites (N-methyl/N-ethyl adjacent to an activating group) is 1. The maximum atomic E-state index is 14.2. The molecule has 3 amide bonds. The SMILES string of the molecule is C=CCOC(=O)N[C@@H](COC)C(=O)N(C)[C@@]1(Cc2ccc(Cl)cc2)CCCN(C(=O)[C@@H](CC(=O)OC(C)(C)C)C2CC(F)(F)C2)C1. The third-order valence-corrected chi connectivity index (χ3v) is 8.68. The summed E-state index contributed by atoms with van der Waals surface area (Å²) in [6.45, 7) is 8.82. The predicted molar refractivity (Wildman–Crippen MR) is 168 cm³/mol. The number of carbonyl (C=O) groups is 4. The average Bonchev–Trinajstić information content (AvgIpc) is 2.96. The summed E-state index contributed by atoms with van der Waals surface area (Å²) in [5.74, 6) is -6.09. The van der Waals surface area contributed by atoms with Crippen molar-refractivity contribution in [1.82, 2.24) is 15.1 Å². The second kappa shape index (κ2) is 15.6. The Bertz CT molecular complexity index is 1250. The van der Waals surface area contributed by atoms with E-state index in [1.165, 1.54) is 18.1 Å². The molecule has 1 saturated heterocycles. The molecular weight excluding hydrogens is 624 g/mol. The first kappa shape index (κ1) is 37.2. The Hall–Kier alpha value is -3.25. The Balaban J connectivity index is 1.94. The summed E-state index contributed by atoms with van der Waals surface area (Å²) < 4.78 is 43.7. The number of carbonyl (C=O) groups excluding carboxylic acids is 4. The molecule has 0 aromatic heterocycles. The van der Waals surface area contributed by atoms with Gasteiger partial charge in [0.1, 0.15) is 18.2 Å². The van der Waals surface area contributed by atoms with Crippen LogP contribution in [0.4, 0.5) is 13.6 Å². The van der Waals surface area contributed by atoms with E-state index in [0.29, 0.717) is 30.8 Å². The maximum absolute atomic E-state index is 14.2. The maximum Gasteiger partial charge on any atom is 0.408 e. The number of ether oxygens (including phenoxy) is 3. The van der Waals surface area contributed by atoms with E-state index in [1.807, 2.05) is 12.1 Å². The van der Waals surface area contributed by atoms with Gasteiger partial charge in [-0.25, -0.2) is 13.6 Å². The Morgan fingerprint density at radius 1 is 1.20 bits per heavy atom. The number of nitrogens with zero attached hydrogens (tertiary/aromatic N) is 2. The molecule has 13 heteroatoms. The minimum atomic E-state index is -2.89. The van der Waals surface area contributed by atoms with Crippen molar-refractivity contribution in [2.45, 2.75) is 82.4 Å². The highest BCUT2D eigenvalue weighted by atomic mass is 35.5. The molecular formula is C33H46ClF2N3O7. The molecule has 0 unspecified atom stereocenters. The summed E-state index contributed by atoms with van der Waals surface area (Å²) in [6.07, 6.45) is 0.614. The van der Waals surface area contributed by atoms with Gasteiger partial charge >= 0.3 is 12.1 Å². The lowest BCUT2D eigenvalue weighted by molar-refractivity contribution is -0.170. The van der Waals surface area contributed by atoms with E-state index in [-0.39, 0.29) is 26.2 Å². The van der Waals surface area contributed by atoms with Crippen LogP contribution in [0.15, 0.2) is 36.9 Å². The van der Waals surface area contributed by atoms with Crippen LogP contribution >= 0.6 is 11.6 Å². The van der Waals surface area contributed by atoms with Gasteiger partial charge in [0, 0.05) is 45.1 Å². The topological polar surface area (TPSA) is 114 Å². The van der Waals surface area contributed by atoms with Gasteiger partial charge in [0.25, 0.3) is 0 Å². The summed E-state index contributed by atoms with van der Waals surface area (Å²) in [5, 5.41) is 3.08. The number of hydrogen-bond acceptors (Lipinski definition) is 7. The van der Waals surface area contributed by atoms with Crippen LogP contribution in [0.1, 0.15) is 58.4 Å². The Morgan fingerprint density at radius 2 is 1.85 bits per heavy atom. The zero-order valence-electron chi connectivity index (χ0n) is 27.3. The number of esters is 1. The highest BCUT2D eigenvalue weighted by molar-refractivity contribution is 6.30. The monoisotopic (exact) mass is 669 g/mol. The van der Waals surface area contributed by atoms with Crippen molar-refractivity contribution in [3.05, 3.63) is 47.5 Å². The van der Waals surface area contributed by atoms with Gasteiger partial charge in [-0.05, 0) is 63.6 Å². The number of alkyl carbamates (subject to hydrolysis) is 1. The first-order chi connectivity index (χ1) is 21.5. The number of rotatable bonds is 13. The van der Waals surface area contributed by atoms with Crippen molar-refractivity contribution in [3.8, 4) is 0 Å². The van der Waals surface area contributed by atoms with Gasteiger partial charge in [0.2, 0.25) is 17.7 Å². The fourth-order valence-corrected chi connectivity index (χ4v) is 6.32. The summed E-state index contributed by atoms with van der Waals surface area (Å²) in [7, 11) is 3.01. The largest absolute Gasteiger partial charge is 0.460 e. The minimum absolute atomic E-state index is 0.0511. The average molecular weight is 670 g/mol. The van der Waals surface area contributed by atoms with Gasteiger partial charge in [0.15, 0.2) is 0 Å². The van der Waals surface area contributed by atoms with Crippen molar-refractivity contribution >= 4 is 35.5 Å². The number of methoxy groups -OCH3 is 1. The van der Waals surface area contributed by atoms with Gasteiger partial charge < -0.3 is 29.3 Å². The zero-order chi connectivity index (χ0) is 34.3. The van der Waals surface area contributed by atoms with Gasteiger partial charge in [-0.15, -0.1) is 0 Å². The second-order valence-electron chi connectivity index (χ2n) is 13.2. The number of hydrogen-bond donors (Lipinski definition) is 1. The molecule has 46 heavy (non-hydrogen) atoms. The van der Waals surface area contributed by atoms with Crippen LogP contribution in [0.2, 0.25) is 5.02 Å². The molecule has 256 valence electrons. The molecule has 3 atom stereocenters. The van der Waals surface area contributed by atoms with Crippen molar-refractivity contribution in [2.75, 3.05) is 40.5 Å². The van der Waals surface area contributed by atoms with E-state index in [4.69, 9.17) is 25.8 Å². The van der Waals surface area contributed by atoms with E-state index in [2.05, 4.69) is 11.9 Å². The highest BCUT2D eigenvalue weighted by Gasteiger charge is 2.53. The molecule has 2 aliphatic rings. The molecule has 1 N–H and O–H groups in total. The van der Waals surface area contributed by atoms with Crippen LogP contribution in [0.3, 0.4) is 0 Å². The summed E-state index contributed by atoms with van der Waals surface area (Å²) >= 11 is 6.13. The number of alkyl halides is 2. The number of likely N-dealkylation sites (tertiary alicyclic amines) is 1. The Labute approximate surface area is 274 Å². The molecule has 1 aromatic rings. The number of benzene rings is 1. The number of piperidine rings is 1. The Morgan fingerprint density at radius 3 is 2.41 bits per heavy atom. The van der Waals surface area contributed by atoms with Crippen molar-refractivity contribution in [2.24, 2.45) is 11.8 Å². The molecule has 1 aliphatic heterocycles. The fraction of sp³-hybridized carbons (Fsp3) is 0.636. The lowest BCUT2D eigenvalue weighted by Crippen LogP contribution is -2.65. The Kier molecular flexibility index (Phi) is 12.6. The van der Waals surface area contributed by atoms with Crippen LogP contribution in [-0.4, -0.2) is 97.2 Å². The minimum Gasteiger partial charge on any atom is -0.460 e. The van der Waals surface area contributed by atoms with E-state index < -0.39 is 71.7 Å². The molecule has 3 rings (SSSR count). The smallest absolute Gasteiger partial charge is 0.408 e. The normalized spacial score (nSPS) is 20.9. The second-order valence-corrected chi connectivity index (χ2v) is 13.7. The van der Waals surface area contributed by atoms with Gasteiger partial charge in [-0.3, -0.25) is 14.4 Å². The molecule has 2 fully saturated rings. The standard InChI is InChI=1S/C33H46ClF2N3O7/c1-7-15-45-30(43)37-26(20-44-6)29(42)38(5)32(17-22-9-11-24(34)12-10-22)13-8-14-39(21-32)28(41)25(23-18-33(35,36)19-23)16-27(40)46-31(2,3)4/h7,9-12,23,25-26H,1,8,13-21H2,2-6H3,(H,37,43)/t25-,26-,32+/m0/s1. The van der Waals surface area contributed by atoms with Crippen molar-refractivity contribution < 1.29 is 42.2 Å². The van der Waals surface area contributed by atoms with Crippen LogP contribution < -0.4 is 5.32 Å². The highest BCUT2D eigenvalue weighted by Crippen LogP contribution is 2.48. The van der Waals surface area contributed by atoms with E-state index in [1.54, 1.807) is 44.9 Å². The van der Waals surface area contributed by atoms with Gasteiger partial charge in [-0.2, -0.15) is 0 Å².